The summed E-state index contributed by atoms with van der Waals surface area (Å²) in [5, 5.41) is 10.4. The molecule has 0 unspecified atom stereocenters. The molecule has 0 aromatic carbocycles. The summed E-state index contributed by atoms with van der Waals surface area (Å²) in [5.74, 6) is -1.18. The van der Waals surface area contributed by atoms with Gasteiger partial charge < -0.3 is 5.11 Å². The van der Waals surface area contributed by atoms with Crippen molar-refractivity contribution in [1.82, 2.24) is 4.98 Å². The number of allylic oxidation sites excluding steroid dienone is 1. The monoisotopic (exact) mass is 211 g/mol. The third kappa shape index (κ3) is 2.50. The molecule has 0 atom stereocenters. The lowest BCUT2D eigenvalue weighted by Gasteiger charge is -1.91. The summed E-state index contributed by atoms with van der Waals surface area (Å²) in [6.07, 6.45) is -0.153. The van der Waals surface area contributed by atoms with Crippen molar-refractivity contribution in [2.45, 2.75) is 13.3 Å². The molecule has 0 aliphatic rings. The topological polar surface area (TPSA) is 67.3 Å². The van der Waals surface area contributed by atoms with Gasteiger partial charge in [0.15, 0.2) is 5.01 Å². The van der Waals surface area contributed by atoms with E-state index >= 15 is 0 Å². The Morgan fingerprint density at radius 1 is 1.64 bits per heavy atom. The highest BCUT2D eigenvalue weighted by molar-refractivity contribution is 7.12. The normalized spacial score (nSPS) is 9.79. The van der Waals surface area contributed by atoms with Crippen LogP contribution in [0.4, 0.5) is 0 Å². The molecule has 1 N–H and O–H groups in total. The molecule has 74 valence electrons. The third-order valence-corrected chi connectivity index (χ3v) is 2.36. The number of carboxylic acids is 1. The highest BCUT2D eigenvalue weighted by atomic mass is 32.1. The van der Waals surface area contributed by atoms with Gasteiger partial charge >= 0.3 is 5.97 Å². The van der Waals surface area contributed by atoms with Crippen molar-refractivity contribution in [3.8, 4) is 0 Å². The van der Waals surface area contributed by atoms with E-state index in [0.717, 1.165) is 11.3 Å². The fourth-order valence-corrected chi connectivity index (χ4v) is 1.66. The Balaban J connectivity index is 2.83. The summed E-state index contributed by atoms with van der Waals surface area (Å²) in [6.45, 7) is 5.10. The average molecular weight is 211 g/mol. The highest BCUT2D eigenvalue weighted by Crippen LogP contribution is 2.13. The zero-order valence-corrected chi connectivity index (χ0v) is 8.43. The van der Waals surface area contributed by atoms with Gasteiger partial charge in [0, 0.05) is 5.38 Å². The van der Waals surface area contributed by atoms with E-state index in [2.05, 4.69) is 11.6 Å². The van der Waals surface area contributed by atoms with E-state index in [1.54, 1.807) is 12.3 Å². The quantitative estimate of drug-likeness (QED) is 0.605. The Morgan fingerprint density at radius 2 is 2.29 bits per heavy atom. The fourth-order valence-electron chi connectivity index (χ4n) is 0.830. The summed E-state index contributed by atoms with van der Waals surface area (Å²) < 4.78 is 0. The smallest absolute Gasteiger partial charge is 0.309 e. The zero-order chi connectivity index (χ0) is 10.7. The van der Waals surface area contributed by atoms with Crippen molar-refractivity contribution in [3.05, 3.63) is 28.2 Å². The molecule has 0 radical (unpaired) electrons. The number of Topliss-reactive ketones (excluding diaryl/α,β-unsaturated/α-hetero) is 1. The van der Waals surface area contributed by atoms with Gasteiger partial charge in [0.2, 0.25) is 5.78 Å². The van der Waals surface area contributed by atoms with E-state index in [0.29, 0.717) is 16.3 Å². The Hall–Kier alpha value is -1.49. The Kier molecular flexibility index (Phi) is 3.14. The molecule has 0 fully saturated rings. The van der Waals surface area contributed by atoms with Gasteiger partial charge in [-0.25, -0.2) is 4.98 Å². The first-order valence-electron chi connectivity index (χ1n) is 3.87. The molecule has 1 aromatic rings. The Labute approximate surface area is 84.9 Å². The minimum atomic E-state index is -0.954. The standard InChI is InChI=1S/C9H9NO3S/c1-5(2)8(13)9-10-6(4-14-9)3-7(11)12/h4H,1,3H2,2H3,(H,11,12). The van der Waals surface area contributed by atoms with Crippen LogP contribution in [0.15, 0.2) is 17.5 Å². The molecule has 0 saturated heterocycles. The molecule has 0 aliphatic carbocycles. The van der Waals surface area contributed by atoms with Crippen LogP contribution in [0.1, 0.15) is 22.4 Å². The first kappa shape index (κ1) is 10.6. The molecule has 5 heteroatoms. The van der Waals surface area contributed by atoms with Gasteiger partial charge in [-0.15, -0.1) is 11.3 Å². The lowest BCUT2D eigenvalue weighted by atomic mass is 10.2. The van der Waals surface area contributed by atoms with Crippen LogP contribution in [-0.2, 0) is 11.2 Å². The number of hydrogen-bond donors (Lipinski definition) is 1. The van der Waals surface area contributed by atoms with Crippen LogP contribution in [0.3, 0.4) is 0 Å². The molecule has 0 amide bonds. The van der Waals surface area contributed by atoms with E-state index in [1.807, 2.05) is 0 Å². The van der Waals surface area contributed by atoms with E-state index in [1.165, 1.54) is 0 Å². The van der Waals surface area contributed by atoms with Gasteiger partial charge in [0.25, 0.3) is 0 Å². The molecule has 14 heavy (non-hydrogen) atoms. The molecular weight excluding hydrogens is 202 g/mol. The van der Waals surface area contributed by atoms with Crippen LogP contribution in [0, 0.1) is 0 Å². The zero-order valence-electron chi connectivity index (χ0n) is 7.61. The summed E-state index contributed by atoms with van der Waals surface area (Å²) in [7, 11) is 0. The number of carbonyl (C=O) groups is 2. The summed E-state index contributed by atoms with van der Waals surface area (Å²) in [4.78, 5) is 25.6. The molecule has 0 spiro atoms. The van der Waals surface area contributed by atoms with Crippen LogP contribution >= 0.6 is 11.3 Å². The van der Waals surface area contributed by atoms with Crippen molar-refractivity contribution >= 4 is 23.1 Å². The van der Waals surface area contributed by atoms with Crippen molar-refractivity contribution in [2.75, 3.05) is 0 Å². The van der Waals surface area contributed by atoms with Crippen molar-refractivity contribution in [3.63, 3.8) is 0 Å². The average Bonchev–Trinajstić information content (AvgIpc) is 2.50. The van der Waals surface area contributed by atoms with E-state index in [-0.39, 0.29) is 12.2 Å². The minimum absolute atomic E-state index is 0.153. The third-order valence-electron chi connectivity index (χ3n) is 1.47. The number of carboxylic acid groups (broad SMARTS) is 1. The fraction of sp³-hybridized carbons (Fsp3) is 0.222. The number of carbonyl (C=O) groups excluding carboxylic acids is 1. The predicted molar refractivity (Wildman–Crippen MR) is 52.6 cm³/mol. The number of thiazole rings is 1. The van der Waals surface area contributed by atoms with E-state index in [9.17, 15) is 9.59 Å². The number of hydrogen-bond acceptors (Lipinski definition) is 4. The lowest BCUT2D eigenvalue weighted by Crippen LogP contribution is -2.02. The van der Waals surface area contributed by atoms with E-state index in [4.69, 9.17) is 5.11 Å². The van der Waals surface area contributed by atoms with Gasteiger partial charge in [-0.1, -0.05) is 6.58 Å². The highest BCUT2D eigenvalue weighted by Gasteiger charge is 2.12. The van der Waals surface area contributed by atoms with Crippen molar-refractivity contribution < 1.29 is 14.7 Å². The van der Waals surface area contributed by atoms with Gasteiger partial charge in [0.1, 0.15) is 0 Å². The lowest BCUT2D eigenvalue weighted by molar-refractivity contribution is -0.136. The summed E-state index contributed by atoms with van der Waals surface area (Å²) >= 11 is 1.14. The Bertz CT molecular complexity index is 395. The number of rotatable bonds is 4. The SMILES string of the molecule is C=C(C)C(=O)c1nc(CC(=O)O)cs1. The molecule has 0 aliphatic heterocycles. The van der Waals surface area contributed by atoms with Gasteiger partial charge in [0.05, 0.1) is 12.1 Å². The largest absolute Gasteiger partial charge is 0.481 e. The molecule has 4 nitrogen and oxygen atoms in total. The predicted octanol–water partition coefficient (Wildman–Crippen LogP) is 1.53. The number of aromatic nitrogens is 1. The Morgan fingerprint density at radius 3 is 2.79 bits per heavy atom. The maximum absolute atomic E-state index is 11.3. The van der Waals surface area contributed by atoms with Crippen molar-refractivity contribution in [1.29, 1.82) is 0 Å². The maximum Gasteiger partial charge on any atom is 0.309 e. The molecule has 1 rings (SSSR count). The summed E-state index contributed by atoms with van der Waals surface area (Å²) in [6, 6.07) is 0. The molecule has 0 saturated carbocycles. The molecule has 1 heterocycles. The van der Waals surface area contributed by atoms with Crippen molar-refractivity contribution in [2.24, 2.45) is 0 Å². The first-order chi connectivity index (χ1) is 6.50. The van der Waals surface area contributed by atoms with Gasteiger partial charge in [-0.2, -0.15) is 0 Å². The van der Waals surface area contributed by atoms with Crippen LogP contribution in [0.25, 0.3) is 0 Å². The molecule has 0 bridgehead atoms. The van der Waals surface area contributed by atoms with E-state index < -0.39 is 5.97 Å². The van der Waals surface area contributed by atoms with Gasteiger partial charge in [-0.3, -0.25) is 9.59 Å². The number of nitrogens with zero attached hydrogens (tertiary/aromatic N) is 1. The number of aliphatic carboxylic acids is 1. The summed E-state index contributed by atoms with van der Waals surface area (Å²) in [5.41, 5.74) is 0.813. The van der Waals surface area contributed by atoms with Crippen LogP contribution in [0.5, 0.6) is 0 Å². The van der Waals surface area contributed by atoms with Crippen LogP contribution < -0.4 is 0 Å². The van der Waals surface area contributed by atoms with Crippen LogP contribution in [-0.4, -0.2) is 21.8 Å². The minimum Gasteiger partial charge on any atom is -0.481 e. The second-order valence-electron chi connectivity index (χ2n) is 2.82. The number of ketones is 1. The molecule has 1 aromatic heterocycles. The van der Waals surface area contributed by atoms with Gasteiger partial charge in [-0.05, 0) is 12.5 Å². The first-order valence-corrected chi connectivity index (χ1v) is 4.75. The second-order valence-corrected chi connectivity index (χ2v) is 3.68. The molecular formula is C9H9NO3S. The van der Waals surface area contributed by atoms with Crippen LogP contribution in [0.2, 0.25) is 0 Å². The maximum atomic E-state index is 11.3. The second kappa shape index (κ2) is 4.15.